The Labute approximate surface area is 167 Å². The summed E-state index contributed by atoms with van der Waals surface area (Å²) < 4.78 is 15.5. The van der Waals surface area contributed by atoms with E-state index in [-0.39, 0.29) is 5.82 Å². The molecule has 0 radical (unpaired) electrons. The number of nitrogens with one attached hydrogen (secondary N) is 1. The number of nitrogens with zero attached hydrogens (tertiary/aromatic N) is 5. The highest BCUT2D eigenvalue weighted by molar-refractivity contribution is 5.66. The third-order valence-corrected chi connectivity index (χ3v) is 4.69. The largest absolute Gasteiger partial charge is 0.355 e. The van der Waals surface area contributed by atoms with Gasteiger partial charge >= 0.3 is 0 Å². The molecule has 1 aromatic carbocycles. The molecule has 3 aromatic heterocycles. The Morgan fingerprint density at radius 3 is 2.83 bits per heavy atom. The van der Waals surface area contributed by atoms with Crippen LogP contribution < -0.4 is 5.32 Å². The lowest BCUT2D eigenvalue weighted by Crippen LogP contribution is -2.09. The molecule has 0 amide bonds. The molecule has 29 heavy (non-hydrogen) atoms. The molecule has 0 aliphatic rings. The Kier molecular flexibility index (Phi) is 5.16. The van der Waals surface area contributed by atoms with Gasteiger partial charge in [0, 0.05) is 42.5 Å². The number of pyridine rings is 1. The van der Waals surface area contributed by atoms with Crippen molar-refractivity contribution in [3.63, 3.8) is 0 Å². The molecule has 7 heteroatoms. The van der Waals surface area contributed by atoms with Gasteiger partial charge in [-0.1, -0.05) is 0 Å². The number of benzene rings is 1. The van der Waals surface area contributed by atoms with Gasteiger partial charge in [-0.25, -0.2) is 14.4 Å². The molecule has 4 aromatic rings. The smallest absolute Gasteiger partial charge is 0.209 e. The number of hydrogen-bond acceptors (Lipinski definition) is 5. The molecular formula is C22H19FN6. The van der Waals surface area contributed by atoms with Crippen LogP contribution in [0.1, 0.15) is 23.2 Å². The van der Waals surface area contributed by atoms with Gasteiger partial charge in [0.05, 0.1) is 11.3 Å². The van der Waals surface area contributed by atoms with E-state index in [0.717, 1.165) is 35.4 Å². The first-order valence-electron chi connectivity index (χ1n) is 9.33. The Hall–Kier alpha value is -3.79. The predicted molar refractivity (Wildman–Crippen MR) is 109 cm³/mol. The van der Waals surface area contributed by atoms with Gasteiger partial charge in [0.1, 0.15) is 17.5 Å². The second kappa shape index (κ2) is 8.07. The van der Waals surface area contributed by atoms with E-state index in [9.17, 15) is 4.39 Å². The molecule has 0 saturated carbocycles. The van der Waals surface area contributed by atoms with Gasteiger partial charge < -0.3 is 5.32 Å². The lowest BCUT2D eigenvalue weighted by Gasteiger charge is -2.11. The number of fused-ring (bicyclic) bond motifs is 1. The third-order valence-electron chi connectivity index (χ3n) is 4.69. The quantitative estimate of drug-likeness (QED) is 0.504. The average Bonchev–Trinajstić information content (AvgIpc) is 3.22. The van der Waals surface area contributed by atoms with Gasteiger partial charge in [0.15, 0.2) is 0 Å². The molecule has 0 aliphatic carbocycles. The minimum absolute atomic E-state index is 0.231. The maximum absolute atomic E-state index is 13.6. The molecule has 144 valence electrons. The van der Waals surface area contributed by atoms with Crippen molar-refractivity contribution in [3.05, 3.63) is 77.6 Å². The summed E-state index contributed by atoms with van der Waals surface area (Å²) in [5, 5.41) is 12.2. The Bertz CT molecular complexity index is 1190. The fourth-order valence-corrected chi connectivity index (χ4v) is 3.11. The zero-order valence-electron chi connectivity index (χ0n) is 15.9. The number of rotatable bonds is 6. The zero-order chi connectivity index (χ0) is 20.2. The van der Waals surface area contributed by atoms with E-state index in [0.29, 0.717) is 23.6 Å². The summed E-state index contributed by atoms with van der Waals surface area (Å²) in [6, 6.07) is 12.6. The van der Waals surface area contributed by atoms with E-state index < -0.39 is 0 Å². The van der Waals surface area contributed by atoms with Crippen molar-refractivity contribution in [1.29, 1.82) is 5.26 Å². The number of nitriles is 1. The normalized spacial score (nSPS) is 10.8. The number of aryl methyl sites for hydroxylation is 2. The molecule has 3 heterocycles. The molecule has 0 unspecified atom stereocenters. The van der Waals surface area contributed by atoms with Gasteiger partial charge in [-0.15, -0.1) is 0 Å². The highest BCUT2D eigenvalue weighted by atomic mass is 19.1. The molecule has 0 bridgehead atoms. The number of aromatic nitrogens is 4. The molecule has 0 spiro atoms. The van der Waals surface area contributed by atoms with Gasteiger partial charge in [-0.3, -0.25) is 9.38 Å². The Morgan fingerprint density at radius 1 is 1.17 bits per heavy atom. The van der Waals surface area contributed by atoms with E-state index in [1.54, 1.807) is 37.5 Å². The van der Waals surface area contributed by atoms with E-state index in [2.05, 4.69) is 21.4 Å². The van der Waals surface area contributed by atoms with E-state index >= 15 is 0 Å². The maximum Gasteiger partial charge on any atom is 0.209 e. The molecule has 4 rings (SSSR count). The van der Waals surface area contributed by atoms with Crippen LogP contribution in [-0.4, -0.2) is 25.9 Å². The fourth-order valence-electron chi connectivity index (χ4n) is 3.11. The summed E-state index contributed by atoms with van der Waals surface area (Å²) in [5.41, 5.74) is 4.45. The van der Waals surface area contributed by atoms with Crippen LogP contribution in [0.2, 0.25) is 0 Å². The van der Waals surface area contributed by atoms with Gasteiger partial charge in [-0.05, 0) is 55.7 Å². The minimum Gasteiger partial charge on any atom is -0.355 e. The summed E-state index contributed by atoms with van der Waals surface area (Å²) in [5.74, 6) is 0.454. The number of anilines is 1. The minimum atomic E-state index is -0.231. The molecule has 0 fully saturated rings. The highest BCUT2D eigenvalue weighted by Crippen LogP contribution is 2.23. The van der Waals surface area contributed by atoms with Crippen molar-refractivity contribution in [2.24, 2.45) is 0 Å². The molecule has 6 nitrogen and oxygen atoms in total. The van der Waals surface area contributed by atoms with Crippen LogP contribution in [0, 0.1) is 24.1 Å². The summed E-state index contributed by atoms with van der Waals surface area (Å²) in [6.07, 6.45) is 6.82. The van der Waals surface area contributed by atoms with Crippen LogP contribution in [0.5, 0.6) is 0 Å². The van der Waals surface area contributed by atoms with Crippen LogP contribution in [0.4, 0.5) is 10.3 Å². The lowest BCUT2D eigenvalue weighted by atomic mass is 10.1. The monoisotopic (exact) mass is 386 g/mol. The van der Waals surface area contributed by atoms with Crippen LogP contribution in [0.3, 0.4) is 0 Å². The number of imidazole rings is 1. The van der Waals surface area contributed by atoms with E-state index in [4.69, 9.17) is 10.2 Å². The summed E-state index contributed by atoms with van der Waals surface area (Å²) >= 11 is 0. The van der Waals surface area contributed by atoms with Crippen LogP contribution in [-0.2, 0) is 6.42 Å². The second-order valence-corrected chi connectivity index (χ2v) is 6.76. The van der Waals surface area contributed by atoms with Gasteiger partial charge in [0.25, 0.3) is 0 Å². The Morgan fingerprint density at radius 2 is 2.07 bits per heavy atom. The van der Waals surface area contributed by atoms with Gasteiger partial charge in [-0.2, -0.15) is 5.26 Å². The first-order valence-corrected chi connectivity index (χ1v) is 9.33. The zero-order valence-corrected chi connectivity index (χ0v) is 15.9. The summed E-state index contributed by atoms with van der Waals surface area (Å²) in [4.78, 5) is 13.4. The van der Waals surface area contributed by atoms with Crippen molar-refractivity contribution in [2.45, 2.75) is 19.8 Å². The van der Waals surface area contributed by atoms with Crippen LogP contribution >= 0.6 is 0 Å². The molecule has 0 aliphatic heterocycles. The first kappa shape index (κ1) is 18.6. The lowest BCUT2D eigenvalue weighted by molar-refractivity contribution is 0.619. The van der Waals surface area contributed by atoms with Crippen molar-refractivity contribution in [3.8, 4) is 17.3 Å². The van der Waals surface area contributed by atoms with Crippen molar-refractivity contribution in [2.75, 3.05) is 11.9 Å². The van der Waals surface area contributed by atoms with Crippen molar-refractivity contribution >= 4 is 11.6 Å². The molecule has 0 saturated heterocycles. The number of hydrogen-bond donors (Lipinski definition) is 1. The molecule has 0 atom stereocenters. The second-order valence-electron chi connectivity index (χ2n) is 6.76. The summed E-state index contributed by atoms with van der Waals surface area (Å²) in [7, 11) is 0. The van der Waals surface area contributed by atoms with Crippen molar-refractivity contribution in [1.82, 2.24) is 19.4 Å². The van der Waals surface area contributed by atoms with E-state index in [1.807, 2.05) is 22.7 Å². The highest BCUT2D eigenvalue weighted by Gasteiger charge is 2.09. The Balaban J connectivity index is 1.49. The maximum atomic E-state index is 13.6. The summed E-state index contributed by atoms with van der Waals surface area (Å²) in [6.45, 7) is 2.44. The van der Waals surface area contributed by atoms with Crippen LogP contribution in [0.25, 0.3) is 16.9 Å². The SMILES string of the molecule is Cc1cc(-c2cc3nccn3c(NCCCc3ccc(C#N)cn3)n2)ccc1F. The number of halogens is 1. The third kappa shape index (κ3) is 4.06. The van der Waals surface area contributed by atoms with Crippen LogP contribution in [0.15, 0.2) is 55.0 Å². The average molecular weight is 386 g/mol. The molecule has 1 N–H and O–H groups in total. The topological polar surface area (TPSA) is 78.9 Å². The van der Waals surface area contributed by atoms with Crippen molar-refractivity contribution < 1.29 is 4.39 Å². The van der Waals surface area contributed by atoms with E-state index in [1.165, 1.54) is 6.07 Å². The fraction of sp³-hybridized carbons (Fsp3) is 0.182. The molecular weight excluding hydrogens is 367 g/mol. The first-order chi connectivity index (χ1) is 14.1. The standard InChI is InChI=1S/C22H19FN6/c1-15-11-17(5-7-19(15)23)20-12-21-25-9-10-29(21)22(28-20)26-8-2-3-18-6-4-16(13-24)14-27-18/h4-7,9-12,14H,2-3,8H2,1H3,(H,26,28). The van der Waals surface area contributed by atoms with Gasteiger partial charge in [0.2, 0.25) is 5.95 Å². The predicted octanol–water partition coefficient (Wildman–Crippen LogP) is 4.16.